The van der Waals surface area contributed by atoms with Crippen LogP contribution < -0.4 is 4.74 Å². The lowest BCUT2D eigenvalue weighted by Gasteiger charge is -2.49. The van der Waals surface area contributed by atoms with E-state index in [0.717, 1.165) is 18.8 Å². The van der Waals surface area contributed by atoms with Gasteiger partial charge in [-0.05, 0) is 55.9 Å². The number of ether oxygens (including phenoxy) is 1. The van der Waals surface area contributed by atoms with Crippen LogP contribution in [0.15, 0.2) is 42.9 Å². The van der Waals surface area contributed by atoms with Crippen LogP contribution in [0.2, 0.25) is 0 Å². The summed E-state index contributed by atoms with van der Waals surface area (Å²) < 4.78 is 48.3. The van der Waals surface area contributed by atoms with Crippen molar-refractivity contribution in [2.45, 2.75) is 38.3 Å². The van der Waals surface area contributed by atoms with Crippen LogP contribution in [0.5, 0.6) is 5.88 Å². The number of hydrogen-bond acceptors (Lipinski definition) is 5. The number of carbonyl (C=O) groups is 1. The van der Waals surface area contributed by atoms with Crippen LogP contribution in [-0.4, -0.2) is 44.4 Å². The second-order valence-electron chi connectivity index (χ2n) is 8.55. The molecular weight excluding hydrogens is 433 g/mol. The summed E-state index contributed by atoms with van der Waals surface area (Å²) in [6.07, 6.45) is 5.26. The molecule has 6 nitrogen and oxygen atoms in total. The van der Waals surface area contributed by atoms with E-state index in [9.17, 15) is 18.0 Å². The van der Waals surface area contributed by atoms with Crippen molar-refractivity contribution >= 4 is 5.91 Å². The number of piperidine rings is 2. The third-order valence-corrected chi connectivity index (χ3v) is 6.28. The molecule has 1 aliphatic carbocycles. The Morgan fingerprint density at radius 3 is 2.58 bits per heavy atom. The number of halogens is 3. The SMILES string of the molecule is Cc1cnc(OC2CC3CCC2N(C(=O)c2cccc(F)c2-c2ncc(F)cn2)C3)c(F)c1. The minimum absolute atomic E-state index is 0.0706. The van der Waals surface area contributed by atoms with E-state index >= 15 is 0 Å². The standard InChI is InChI=1S/C24H21F3N4O2/c1-13-7-18(27)23(30-9-13)33-20-8-14-5-6-19(20)31(12-14)24(32)16-3-2-4-17(26)21(16)22-28-10-15(25)11-29-22/h2-4,7,9-11,14,19-20H,5-6,8,12H2,1H3. The smallest absolute Gasteiger partial charge is 0.255 e. The summed E-state index contributed by atoms with van der Waals surface area (Å²) in [6.45, 7) is 2.23. The molecule has 3 atom stereocenters. The fraction of sp³-hybridized carbons (Fsp3) is 0.333. The van der Waals surface area contributed by atoms with Crippen molar-refractivity contribution in [1.29, 1.82) is 0 Å². The maximum atomic E-state index is 14.8. The lowest BCUT2D eigenvalue weighted by molar-refractivity contribution is -0.0326. The van der Waals surface area contributed by atoms with Gasteiger partial charge in [0.25, 0.3) is 11.8 Å². The summed E-state index contributed by atoms with van der Waals surface area (Å²) in [7, 11) is 0. The summed E-state index contributed by atoms with van der Waals surface area (Å²) in [4.78, 5) is 27.0. The minimum Gasteiger partial charge on any atom is -0.470 e. The van der Waals surface area contributed by atoms with Gasteiger partial charge in [0, 0.05) is 12.7 Å². The molecule has 2 aromatic heterocycles. The number of aromatic nitrogens is 3. The fourth-order valence-electron chi connectivity index (χ4n) is 4.77. The van der Waals surface area contributed by atoms with Gasteiger partial charge < -0.3 is 9.64 Å². The van der Waals surface area contributed by atoms with Gasteiger partial charge in [-0.1, -0.05) is 6.07 Å². The highest BCUT2D eigenvalue weighted by Crippen LogP contribution is 2.39. The van der Waals surface area contributed by atoms with Gasteiger partial charge in [-0.25, -0.2) is 28.1 Å². The highest BCUT2D eigenvalue weighted by atomic mass is 19.1. The van der Waals surface area contributed by atoms with Crippen LogP contribution in [0.25, 0.3) is 11.4 Å². The highest BCUT2D eigenvalue weighted by Gasteiger charge is 2.45. The number of pyridine rings is 1. The zero-order valence-electron chi connectivity index (χ0n) is 17.8. The quantitative estimate of drug-likeness (QED) is 0.587. The van der Waals surface area contributed by atoms with E-state index in [2.05, 4.69) is 15.0 Å². The number of nitrogens with zero attached hydrogens (tertiary/aromatic N) is 4. The summed E-state index contributed by atoms with van der Waals surface area (Å²) in [5, 5.41) is 0. The molecule has 9 heteroatoms. The zero-order chi connectivity index (χ0) is 23.1. The first-order valence-electron chi connectivity index (χ1n) is 10.8. The molecule has 170 valence electrons. The van der Waals surface area contributed by atoms with Crippen LogP contribution in [-0.2, 0) is 0 Å². The molecule has 2 aliphatic heterocycles. The van der Waals surface area contributed by atoms with Gasteiger partial charge in [0.2, 0.25) is 0 Å². The molecule has 2 bridgehead atoms. The van der Waals surface area contributed by atoms with Crippen molar-refractivity contribution in [3.63, 3.8) is 0 Å². The third-order valence-electron chi connectivity index (χ3n) is 6.28. The molecule has 1 aromatic carbocycles. The first kappa shape index (κ1) is 21.4. The van der Waals surface area contributed by atoms with Gasteiger partial charge in [0.1, 0.15) is 11.9 Å². The Morgan fingerprint density at radius 2 is 1.85 bits per heavy atom. The normalized spacial score (nSPS) is 21.8. The topological polar surface area (TPSA) is 68.2 Å². The zero-order valence-corrected chi connectivity index (χ0v) is 17.8. The van der Waals surface area contributed by atoms with E-state index < -0.39 is 29.5 Å². The minimum atomic E-state index is -0.673. The predicted octanol–water partition coefficient (Wildman–Crippen LogP) is 4.34. The maximum Gasteiger partial charge on any atom is 0.255 e. The van der Waals surface area contributed by atoms with Crippen LogP contribution in [0.1, 0.15) is 35.2 Å². The molecule has 33 heavy (non-hydrogen) atoms. The average Bonchev–Trinajstić information content (AvgIpc) is 2.81. The van der Waals surface area contributed by atoms with Gasteiger partial charge in [-0.2, -0.15) is 0 Å². The Kier molecular flexibility index (Phi) is 5.47. The van der Waals surface area contributed by atoms with Crippen LogP contribution in [0.3, 0.4) is 0 Å². The highest BCUT2D eigenvalue weighted by molar-refractivity contribution is 6.00. The molecule has 3 unspecified atom stereocenters. The Morgan fingerprint density at radius 1 is 1.06 bits per heavy atom. The lowest BCUT2D eigenvalue weighted by Crippen LogP contribution is -2.59. The molecule has 0 radical (unpaired) electrons. The Bertz CT molecular complexity index is 1200. The summed E-state index contributed by atoms with van der Waals surface area (Å²) in [6, 6.07) is 5.20. The monoisotopic (exact) mass is 454 g/mol. The lowest BCUT2D eigenvalue weighted by atomic mass is 9.77. The van der Waals surface area contributed by atoms with Gasteiger partial charge >= 0.3 is 0 Å². The average molecular weight is 454 g/mol. The van der Waals surface area contributed by atoms with Crippen molar-refractivity contribution in [3.05, 3.63) is 71.4 Å². The van der Waals surface area contributed by atoms with E-state index in [-0.39, 0.29) is 34.8 Å². The molecule has 1 amide bonds. The summed E-state index contributed by atoms with van der Waals surface area (Å²) in [5.41, 5.74) is 0.698. The Hall–Kier alpha value is -3.49. The largest absolute Gasteiger partial charge is 0.470 e. The molecule has 3 fully saturated rings. The summed E-state index contributed by atoms with van der Waals surface area (Å²) >= 11 is 0. The van der Waals surface area contributed by atoms with Crippen LogP contribution in [0.4, 0.5) is 13.2 Å². The number of benzene rings is 1. The van der Waals surface area contributed by atoms with Crippen LogP contribution >= 0.6 is 0 Å². The molecule has 6 rings (SSSR count). The number of fused-ring (bicyclic) bond motifs is 3. The van der Waals surface area contributed by atoms with E-state index in [0.29, 0.717) is 24.9 Å². The Balaban J connectivity index is 1.46. The molecule has 4 heterocycles. The van der Waals surface area contributed by atoms with E-state index in [1.54, 1.807) is 11.8 Å². The number of carbonyl (C=O) groups excluding carboxylic acids is 1. The third kappa shape index (κ3) is 4.03. The van der Waals surface area contributed by atoms with Gasteiger partial charge in [0.05, 0.1) is 29.6 Å². The molecule has 2 saturated heterocycles. The van der Waals surface area contributed by atoms with E-state index in [1.807, 2.05) is 0 Å². The molecule has 3 aliphatic rings. The number of hydrogen-bond donors (Lipinski definition) is 0. The summed E-state index contributed by atoms with van der Waals surface area (Å²) in [5.74, 6) is -2.25. The van der Waals surface area contributed by atoms with E-state index in [1.165, 1.54) is 30.5 Å². The second-order valence-corrected chi connectivity index (χ2v) is 8.55. The molecule has 0 spiro atoms. The maximum absolute atomic E-state index is 14.8. The predicted molar refractivity (Wildman–Crippen MR) is 113 cm³/mol. The van der Waals surface area contributed by atoms with Gasteiger partial charge in [-0.3, -0.25) is 4.79 Å². The van der Waals surface area contributed by atoms with E-state index in [4.69, 9.17) is 4.74 Å². The molecule has 0 N–H and O–H groups in total. The molecular formula is C24H21F3N4O2. The van der Waals surface area contributed by atoms with Crippen molar-refractivity contribution in [2.24, 2.45) is 5.92 Å². The first-order valence-corrected chi connectivity index (χ1v) is 10.8. The van der Waals surface area contributed by atoms with Crippen molar-refractivity contribution in [2.75, 3.05) is 6.54 Å². The van der Waals surface area contributed by atoms with Crippen LogP contribution in [0, 0.1) is 30.3 Å². The van der Waals surface area contributed by atoms with Gasteiger partial charge in [0.15, 0.2) is 17.5 Å². The van der Waals surface area contributed by atoms with Gasteiger partial charge in [-0.15, -0.1) is 0 Å². The molecule has 3 aromatic rings. The van der Waals surface area contributed by atoms with Crippen molar-refractivity contribution < 1.29 is 22.7 Å². The second kappa shape index (κ2) is 8.46. The Labute approximate surface area is 188 Å². The number of amides is 1. The van der Waals surface area contributed by atoms with Crippen molar-refractivity contribution in [3.8, 4) is 17.3 Å². The number of aryl methyl sites for hydroxylation is 1. The fourth-order valence-corrected chi connectivity index (χ4v) is 4.77. The first-order chi connectivity index (χ1) is 15.9. The molecule has 1 saturated carbocycles. The number of rotatable bonds is 4. The van der Waals surface area contributed by atoms with Crippen molar-refractivity contribution in [1.82, 2.24) is 19.9 Å².